The van der Waals surface area contributed by atoms with E-state index >= 15 is 0 Å². The minimum Gasteiger partial charge on any atom is -0.490 e. The van der Waals surface area contributed by atoms with Crippen molar-refractivity contribution in [1.82, 2.24) is 5.32 Å². The summed E-state index contributed by atoms with van der Waals surface area (Å²) < 4.78 is 19.3. The molecular weight excluding hydrogens is 261 g/mol. The predicted octanol–water partition coefficient (Wildman–Crippen LogP) is 3.77. The van der Waals surface area contributed by atoms with Crippen LogP contribution in [0.3, 0.4) is 0 Å². The zero-order chi connectivity index (χ0) is 13.7. The second-order valence-corrected chi connectivity index (χ2v) is 5.93. The standard InChI is InChI=1S/C15H22FNOS/c1-3-7-17-14-10-12(6-8-19-2)18-15-9-11(16)4-5-13(14)15/h4-5,9,12,14,17H,3,6-8,10H2,1-2H3. The number of rotatable bonds is 6. The van der Waals surface area contributed by atoms with Crippen molar-refractivity contribution in [3.63, 3.8) is 0 Å². The van der Waals surface area contributed by atoms with Gasteiger partial charge >= 0.3 is 0 Å². The molecule has 1 aliphatic rings. The first-order valence-electron chi connectivity index (χ1n) is 6.93. The topological polar surface area (TPSA) is 21.3 Å². The summed E-state index contributed by atoms with van der Waals surface area (Å²) >= 11 is 1.82. The van der Waals surface area contributed by atoms with Gasteiger partial charge in [0.05, 0.1) is 0 Å². The fourth-order valence-corrected chi connectivity index (χ4v) is 2.95. The lowest BCUT2D eigenvalue weighted by atomic mass is 9.95. The van der Waals surface area contributed by atoms with Crippen LogP contribution < -0.4 is 10.1 Å². The van der Waals surface area contributed by atoms with Gasteiger partial charge in [0.15, 0.2) is 0 Å². The molecule has 1 aromatic carbocycles. The highest BCUT2D eigenvalue weighted by atomic mass is 32.2. The van der Waals surface area contributed by atoms with Crippen molar-refractivity contribution < 1.29 is 9.13 Å². The molecule has 0 fully saturated rings. The molecule has 2 rings (SSSR count). The fraction of sp³-hybridized carbons (Fsp3) is 0.600. The number of hydrogen-bond donors (Lipinski definition) is 1. The molecule has 19 heavy (non-hydrogen) atoms. The minimum absolute atomic E-state index is 0.191. The molecule has 2 nitrogen and oxygen atoms in total. The minimum atomic E-state index is -0.224. The molecule has 0 amide bonds. The van der Waals surface area contributed by atoms with E-state index in [-0.39, 0.29) is 18.0 Å². The molecule has 2 atom stereocenters. The van der Waals surface area contributed by atoms with Crippen LogP contribution in [0, 0.1) is 5.82 Å². The molecule has 2 unspecified atom stereocenters. The summed E-state index contributed by atoms with van der Waals surface area (Å²) in [6.07, 6.45) is 5.38. The molecule has 1 aliphatic heterocycles. The van der Waals surface area contributed by atoms with E-state index in [4.69, 9.17) is 4.74 Å². The highest BCUT2D eigenvalue weighted by molar-refractivity contribution is 7.98. The van der Waals surface area contributed by atoms with Gasteiger partial charge in [-0.1, -0.05) is 13.0 Å². The van der Waals surface area contributed by atoms with Crippen molar-refractivity contribution in [3.05, 3.63) is 29.6 Å². The average molecular weight is 283 g/mol. The molecule has 0 spiro atoms. The van der Waals surface area contributed by atoms with E-state index in [1.807, 2.05) is 17.8 Å². The lowest BCUT2D eigenvalue weighted by Gasteiger charge is -2.33. The fourth-order valence-electron chi connectivity index (χ4n) is 2.45. The van der Waals surface area contributed by atoms with Gasteiger partial charge < -0.3 is 10.1 Å². The van der Waals surface area contributed by atoms with Gasteiger partial charge in [0.2, 0.25) is 0 Å². The van der Waals surface area contributed by atoms with Gasteiger partial charge in [-0.2, -0.15) is 11.8 Å². The lowest BCUT2D eigenvalue weighted by molar-refractivity contribution is 0.146. The summed E-state index contributed by atoms with van der Waals surface area (Å²) in [5, 5.41) is 3.54. The summed E-state index contributed by atoms with van der Waals surface area (Å²) in [5.74, 6) is 1.57. The SMILES string of the molecule is CCCNC1CC(CCSC)Oc2cc(F)ccc21. The number of fused-ring (bicyclic) bond motifs is 1. The molecule has 0 aromatic heterocycles. The molecular formula is C15H22FNOS. The highest BCUT2D eigenvalue weighted by Crippen LogP contribution is 2.36. The molecule has 0 saturated carbocycles. The second kappa shape index (κ2) is 7.15. The van der Waals surface area contributed by atoms with Crippen LogP contribution in [0.5, 0.6) is 5.75 Å². The summed E-state index contributed by atoms with van der Waals surface area (Å²) in [5.41, 5.74) is 1.09. The van der Waals surface area contributed by atoms with Gasteiger partial charge in [0, 0.05) is 24.1 Å². The first-order chi connectivity index (χ1) is 9.24. The van der Waals surface area contributed by atoms with Crippen molar-refractivity contribution in [2.45, 2.75) is 38.3 Å². The number of thioether (sulfide) groups is 1. The lowest BCUT2D eigenvalue weighted by Crippen LogP contribution is -2.33. The molecule has 0 bridgehead atoms. The van der Waals surface area contributed by atoms with Gasteiger partial charge in [0.25, 0.3) is 0 Å². The number of hydrogen-bond acceptors (Lipinski definition) is 3. The van der Waals surface area contributed by atoms with E-state index in [1.165, 1.54) is 12.1 Å². The Balaban J connectivity index is 2.14. The smallest absolute Gasteiger partial charge is 0.127 e. The molecule has 1 aromatic rings. The number of nitrogens with one attached hydrogen (secondary N) is 1. The molecule has 0 saturated heterocycles. The molecule has 4 heteroatoms. The number of halogens is 1. The van der Waals surface area contributed by atoms with E-state index in [9.17, 15) is 4.39 Å². The first-order valence-corrected chi connectivity index (χ1v) is 8.32. The maximum absolute atomic E-state index is 13.3. The van der Waals surface area contributed by atoms with Crippen LogP contribution in [0.2, 0.25) is 0 Å². The molecule has 1 heterocycles. The molecule has 0 radical (unpaired) electrons. The van der Waals surface area contributed by atoms with Gasteiger partial charge in [-0.15, -0.1) is 0 Å². The Labute approximate surface area is 119 Å². The zero-order valence-corrected chi connectivity index (χ0v) is 12.4. The van der Waals surface area contributed by atoms with Crippen LogP contribution in [0.15, 0.2) is 18.2 Å². The Kier molecular flexibility index (Phi) is 5.52. The Morgan fingerprint density at radius 3 is 3.05 bits per heavy atom. The number of ether oxygens (including phenoxy) is 1. The monoisotopic (exact) mass is 283 g/mol. The van der Waals surface area contributed by atoms with E-state index in [0.717, 1.165) is 37.1 Å². The van der Waals surface area contributed by atoms with Crippen LogP contribution in [-0.2, 0) is 0 Å². The van der Waals surface area contributed by atoms with E-state index in [0.29, 0.717) is 5.75 Å². The van der Waals surface area contributed by atoms with Gasteiger partial charge in [0.1, 0.15) is 17.7 Å². The summed E-state index contributed by atoms with van der Waals surface area (Å²) in [6.45, 7) is 3.14. The van der Waals surface area contributed by atoms with Crippen LogP contribution in [-0.4, -0.2) is 24.7 Å². The quantitative estimate of drug-likeness (QED) is 0.858. The normalized spacial score (nSPS) is 21.8. The number of benzene rings is 1. The zero-order valence-electron chi connectivity index (χ0n) is 11.6. The molecule has 1 N–H and O–H groups in total. The molecule has 0 aliphatic carbocycles. The van der Waals surface area contributed by atoms with Crippen LogP contribution >= 0.6 is 11.8 Å². The highest BCUT2D eigenvalue weighted by Gasteiger charge is 2.27. The van der Waals surface area contributed by atoms with Crippen LogP contribution in [0.1, 0.15) is 37.8 Å². The van der Waals surface area contributed by atoms with E-state index < -0.39 is 0 Å². The summed E-state index contributed by atoms with van der Waals surface area (Å²) in [7, 11) is 0. The second-order valence-electron chi connectivity index (χ2n) is 4.95. The third-order valence-corrected chi connectivity index (χ3v) is 4.07. The van der Waals surface area contributed by atoms with E-state index in [1.54, 1.807) is 0 Å². The van der Waals surface area contributed by atoms with E-state index in [2.05, 4.69) is 18.5 Å². The third kappa shape index (κ3) is 3.86. The first kappa shape index (κ1) is 14.7. The maximum atomic E-state index is 13.3. The Morgan fingerprint density at radius 2 is 2.32 bits per heavy atom. The Bertz CT molecular complexity index is 413. The Morgan fingerprint density at radius 1 is 1.47 bits per heavy atom. The largest absolute Gasteiger partial charge is 0.490 e. The third-order valence-electron chi connectivity index (χ3n) is 3.43. The van der Waals surface area contributed by atoms with Crippen LogP contribution in [0.4, 0.5) is 4.39 Å². The Hall–Kier alpha value is -0.740. The van der Waals surface area contributed by atoms with Gasteiger partial charge in [-0.3, -0.25) is 0 Å². The summed E-state index contributed by atoms with van der Waals surface area (Å²) in [4.78, 5) is 0. The van der Waals surface area contributed by atoms with Crippen molar-refractivity contribution >= 4 is 11.8 Å². The predicted molar refractivity (Wildman–Crippen MR) is 79.5 cm³/mol. The maximum Gasteiger partial charge on any atom is 0.127 e. The van der Waals surface area contributed by atoms with Crippen molar-refractivity contribution in [2.75, 3.05) is 18.6 Å². The van der Waals surface area contributed by atoms with Crippen molar-refractivity contribution in [1.29, 1.82) is 0 Å². The summed E-state index contributed by atoms with van der Waals surface area (Å²) in [6, 6.07) is 5.17. The van der Waals surface area contributed by atoms with Crippen LogP contribution in [0.25, 0.3) is 0 Å². The molecule has 106 valence electrons. The van der Waals surface area contributed by atoms with Gasteiger partial charge in [-0.25, -0.2) is 4.39 Å². The van der Waals surface area contributed by atoms with Crippen molar-refractivity contribution in [2.24, 2.45) is 0 Å². The van der Waals surface area contributed by atoms with Gasteiger partial charge in [-0.05, 0) is 37.5 Å². The average Bonchev–Trinajstić information content (AvgIpc) is 2.42. The van der Waals surface area contributed by atoms with Crippen molar-refractivity contribution in [3.8, 4) is 5.75 Å².